The summed E-state index contributed by atoms with van der Waals surface area (Å²) in [6.45, 7) is 0.0719. The second-order valence-corrected chi connectivity index (χ2v) is 3.76. The third-order valence-corrected chi connectivity index (χ3v) is 2.61. The lowest BCUT2D eigenvalue weighted by atomic mass is 10.0. The SMILES string of the molecule is O=C(O)c1cnn(C2CCNCC2(F)F)c1. The molecule has 0 radical (unpaired) electrons. The summed E-state index contributed by atoms with van der Waals surface area (Å²) in [6.07, 6.45) is 2.46. The van der Waals surface area contributed by atoms with Gasteiger partial charge in [-0.25, -0.2) is 13.6 Å². The minimum absolute atomic E-state index is 0.0747. The molecule has 0 aromatic carbocycles. The zero-order valence-electron chi connectivity index (χ0n) is 8.36. The summed E-state index contributed by atoms with van der Waals surface area (Å²) in [4.78, 5) is 10.6. The van der Waals surface area contributed by atoms with E-state index in [9.17, 15) is 13.6 Å². The third-order valence-electron chi connectivity index (χ3n) is 2.61. The van der Waals surface area contributed by atoms with E-state index >= 15 is 0 Å². The molecule has 2 rings (SSSR count). The molecule has 1 aliphatic heterocycles. The average molecular weight is 231 g/mol. The lowest BCUT2D eigenvalue weighted by Gasteiger charge is -2.31. The molecular weight excluding hydrogens is 220 g/mol. The van der Waals surface area contributed by atoms with Gasteiger partial charge in [-0.1, -0.05) is 0 Å². The molecule has 16 heavy (non-hydrogen) atoms. The van der Waals surface area contributed by atoms with Gasteiger partial charge in [0, 0.05) is 6.20 Å². The van der Waals surface area contributed by atoms with Crippen LogP contribution in [0.4, 0.5) is 8.78 Å². The molecule has 1 aromatic heterocycles. The molecule has 2 heterocycles. The third kappa shape index (κ3) is 1.90. The molecule has 1 fully saturated rings. The molecule has 1 atom stereocenters. The molecule has 0 spiro atoms. The van der Waals surface area contributed by atoms with Crippen LogP contribution in [0, 0.1) is 0 Å². The highest BCUT2D eigenvalue weighted by molar-refractivity contribution is 5.86. The average Bonchev–Trinajstić information content (AvgIpc) is 2.65. The van der Waals surface area contributed by atoms with Crippen molar-refractivity contribution in [2.75, 3.05) is 13.1 Å². The summed E-state index contributed by atoms with van der Waals surface area (Å²) < 4.78 is 28.0. The molecule has 0 bridgehead atoms. The summed E-state index contributed by atoms with van der Waals surface area (Å²) in [5.74, 6) is -4.07. The standard InChI is InChI=1S/C9H11F2N3O2/c10-9(11)5-12-2-1-7(9)14-4-6(3-13-14)8(15)16/h3-4,7,12H,1-2,5H2,(H,15,16). The van der Waals surface area contributed by atoms with Gasteiger partial charge in [-0.05, 0) is 13.0 Å². The molecule has 0 aliphatic carbocycles. The topological polar surface area (TPSA) is 67.1 Å². The van der Waals surface area contributed by atoms with Crippen LogP contribution in [0.5, 0.6) is 0 Å². The molecule has 1 aliphatic rings. The smallest absolute Gasteiger partial charge is 0.338 e. The first kappa shape index (κ1) is 11.0. The van der Waals surface area contributed by atoms with Gasteiger partial charge in [0.25, 0.3) is 5.92 Å². The number of piperidine rings is 1. The maximum atomic E-state index is 13.5. The summed E-state index contributed by atoms with van der Waals surface area (Å²) >= 11 is 0. The Kier molecular flexibility index (Phi) is 2.63. The molecule has 7 heteroatoms. The number of nitrogens with zero attached hydrogens (tertiary/aromatic N) is 2. The zero-order valence-corrected chi connectivity index (χ0v) is 8.36. The minimum atomic E-state index is -2.90. The van der Waals surface area contributed by atoms with Crippen LogP contribution < -0.4 is 5.32 Å². The molecule has 1 saturated heterocycles. The maximum Gasteiger partial charge on any atom is 0.338 e. The van der Waals surface area contributed by atoms with Crippen molar-refractivity contribution in [2.45, 2.75) is 18.4 Å². The number of alkyl halides is 2. The molecule has 5 nitrogen and oxygen atoms in total. The van der Waals surface area contributed by atoms with Crippen molar-refractivity contribution in [1.29, 1.82) is 0 Å². The van der Waals surface area contributed by atoms with Crippen LogP contribution in [0.1, 0.15) is 22.8 Å². The first-order valence-electron chi connectivity index (χ1n) is 4.87. The summed E-state index contributed by atoms with van der Waals surface area (Å²) in [5, 5.41) is 15.0. The Morgan fingerprint density at radius 2 is 2.44 bits per heavy atom. The van der Waals surface area contributed by atoms with Gasteiger partial charge >= 0.3 is 5.97 Å². The Labute approximate surface area is 90.1 Å². The summed E-state index contributed by atoms with van der Waals surface area (Å²) in [7, 11) is 0. The fourth-order valence-corrected chi connectivity index (χ4v) is 1.77. The number of halogens is 2. The van der Waals surface area contributed by atoms with Gasteiger partial charge in [0.2, 0.25) is 0 Å². The Morgan fingerprint density at radius 3 is 3.00 bits per heavy atom. The number of aromatic nitrogens is 2. The Morgan fingerprint density at radius 1 is 1.69 bits per heavy atom. The molecule has 88 valence electrons. The van der Waals surface area contributed by atoms with Gasteiger partial charge in [0.05, 0.1) is 18.3 Å². The Hall–Kier alpha value is -1.50. The van der Waals surface area contributed by atoms with Crippen LogP contribution >= 0.6 is 0 Å². The van der Waals surface area contributed by atoms with E-state index in [1.165, 1.54) is 0 Å². The van der Waals surface area contributed by atoms with E-state index in [1.807, 2.05) is 0 Å². The fraction of sp³-hybridized carbons (Fsp3) is 0.556. The van der Waals surface area contributed by atoms with Crippen molar-refractivity contribution in [3.63, 3.8) is 0 Å². The second-order valence-electron chi connectivity index (χ2n) is 3.76. The monoisotopic (exact) mass is 231 g/mol. The van der Waals surface area contributed by atoms with Crippen molar-refractivity contribution < 1.29 is 18.7 Å². The molecule has 1 unspecified atom stereocenters. The number of rotatable bonds is 2. The summed E-state index contributed by atoms with van der Waals surface area (Å²) in [6, 6.07) is -1.07. The fourth-order valence-electron chi connectivity index (χ4n) is 1.77. The minimum Gasteiger partial charge on any atom is -0.478 e. The number of hydrogen-bond donors (Lipinski definition) is 2. The number of hydrogen-bond acceptors (Lipinski definition) is 3. The lowest BCUT2D eigenvalue weighted by molar-refractivity contribution is -0.0697. The Bertz CT molecular complexity index is 405. The van der Waals surface area contributed by atoms with Gasteiger partial charge in [-0.3, -0.25) is 4.68 Å². The summed E-state index contributed by atoms with van der Waals surface area (Å²) in [5.41, 5.74) is -0.0747. The number of carbonyl (C=O) groups is 1. The highest BCUT2D eigenvalue weighted by Gasteiger charge is 2.43. The van der Waals surface area contributed by atoms with E-state index in [-0.39, 0.29) is 12.0 Å². The number of carboxylic acid groups (broad SMARTS) is 1. The normalized spacial score (nSPS) is 24.2. The highest BCUT2D eigenvalue weighted by atomic mass is 19.3. The molecule has 0 amide bonds. The van der Waals surface area contributed by atoms with E-state index in [0.29, 0.717) is 6.54 Å². The lowest BCUT2D eigenvalue weighted by Crippen LogP contribution is -2.47. The van der Waals surface area contributed by atoms with Crippen LogP contribution in [-0.2, 0) is 0 Å². The van der Waals surface area contributed by atoms with Crippen molar-refractivity contribution in [3.05, 3.63) is 18.0 Å². The van der Waals surface area contributed by atoms with E-state index in [0.717, 1.165) is 17.1 Å². The predicted molar refractivity (Wildman–Crippen MR) is 50.7 cm³/mol. The van der Waals surface area contributed by atoms with Crippen LogP contribution in [0.15, 0.2) is 12.4 Å². The second kappa shape index (κ2) is 3.82. The largest absolute Gasteiger partial charge is 0.478 e. The Balaban J connectivity index is 2.25. The maximum absolute atomic E-state index is 13.5. The van der Waals surface area contributed by atoms with Crippen LogP contribution in [-0.4, -0.2) is 39.9 Å². The van der Waals surface area contributed by atoms with Crippen LogP contribution in [0.2, 0.25) is 0 Å². The van der Waals surface area contributed by atoms with E-state index in [4.69, 9.17) is 5.11 Å². The predicted octanol–water partition coefficient (Wildman–Crippen LogP) is 0.751. The van der Waals surface area contributed by atoms with Crippen LogP contribution in [0.25, 0.3) is 0 Å². The van der Waals surface area contributed by atoms with Crippen molar-refractivity contribution in [1.82, 2.24) is 15.1 Å². The quantitative estimate of drug-likeness (QED) is 0.788. The van der Waals surface area contributed by atoms with Gasteiger partial charge in [-0.15, -0.1) is 0 Å². The first-order valence-corrected chi connectivity index (χ1v) is 4.87. The van der Waals surface area contributed by atoms with Gasteiger partial charge in [-0.2, -0.15) is 5.10 Å². The molecule has 2 N–H and O–H groups in total. The molecule has 1 aromatic rings. The van der Waals surface area contributed by atoms with E-state index in [2.05, 4.69) is 10.4 Å². The van der Waals surface area contributed by atoms with Crippen molar-refractivity contribution in [2.24, 2.45) is 0 Å². The molecular formula is C9H11F2N3O2. The number of carboxylic acids is 1. The van der Waals surface area contributed by atoms with Gasteiger partial charge < -0.3 is 10.4 Å². The van der Waals surface area contributed by atoms with E-state index in [1.54, 1.807) is 0 Å². The molecule has 0 saturated carbocycles. The van der Waals surface area contributed by atoms with Gasteiger partial charge in [0.15, 0.2) is 0 Å². The van der Waals surface area contributed by atoms with Gasteiger partial charge in [0.1, 0.15) is 6.04 Å². The van der Waals surface area contributed by atoms with Crippen LogP contribution in [0.3, 0.4) is 0 Å². The van der Waals surface area contributed by atoms with E-state index < -0.39 is 24.5 Å². The highest BCUT2D eigenvalue weighted by Crippen LogP contribution is 2.33. The van der Waals surface area contributed by atoms with Crippen molar-refractivity contribution in [3.8, 4) is 0 Å². The van der Waals surface area contributed by atoms with Crippen molar-refractivity contribution >= 4 is 5.97 Å². The zero-order chi connectivity index (χ0) is 11.8. The number of nitrogens with one attached hydrogen (secondary N) is 1. The number of aromatic carboxylic acids is 1. The first-order chi connectivity index (χ1) is 7.50.